The number of rotatable bonds is 5. The number of hydrogen-bond donors (Lipinski definition) is 2. The van der Waals surface area contributed by atoms with Crippen molar-refractivity contribution in [1.29, 1.82) is 0 Å². The van der Waals surface area contributed by atoms with Crippen LogP contribution < -0.4 is 15.5 Å². The first-order valence-corrected chi connectivity index (χ1v) is 11.8. The van der Waals surface area contributed by atoms with Crippen molar-refractivity contribution in [3.8, 4) is 0 Å². The van der Waals surface area contributed by atoms with Crippen LogP contribution in [0.3, 0.4) is 0 Å². The lowest BCUT2D eigenvalue weighted by molar-refractivity contribution is -0.122. The maximum atomic E-state index is 12.9. The van der Waals surface area contributed by atoms with Gasteiger partial charge in [-0.2, -0.15) is 0 Å². The smallest absolute Gasteiger partial charge is 0.255 e. The highest BCUT2D eigenvalue weighted by Gasteiger charge is 2.48. The molecule has 3 aromatic rings. The molecule has 2 N–H and O–H groups in total. The number of amides is 4. The van der Waals surface area contributed by atoms with Gasteiger partial charge in [0.2, 0.25) is 11.8 Å². The molecule has 0 spiro atoms. The van der Waals surface area contributed by atoms with Gasteiger partial charge in [0.25, 0.3) is 11.8 Å². The van der Waals surface area contributed by atoms with E-state index >= 15 is 0 Å². The van der Waals surface area contributed by atoms with E-state index in [9.17, 15) is 19.2 Å². The van der Waals surface area contributed by atoms with Crippen molar-refractivity contribution in [3.05, 3.63) is 102 Å². The molecule has 0 bridgehead atoms. The molecule has 4 amide bonds. The van der Waals surface area contributed by atoms with Crippen LogP contribution in [0.4, 0.5) is 17.1 Å². The van der Waals surface area contributed by atoms with Gasteiger partial charge in [-0.25, -0.2) is 0 Å². The van der Waals surface area contributed by atoms with E-state index in [0.29, 0.717) is 41.0 Å². The summed E-state index contributed by atoms with van der Waals surface area (Å²) in [6.45, 7) is 1.98. The van der Waals surface area contributed by atoms with E-state index in [2.05, 4.69) is 10.6 Å². The van der Waals surface area contributed by atoms with Gasteiger partial charge in [-0.05, 0) is 74.4 Å². The molecule has 2 aliphatic rings. The topological polar surface area (TPSA) is 95.6 Å². The Balaban J connectivity index is 1.25. The molecule has 7 heteroatoms. The maximum absolute atomic E-state index is 12.9. The van der Waals surface area contributed by atoms with E-state index in [4.69, 9.17) is 0 Å². The molecule has 7 nitrogen and oxygen atoms in total. The highest BCUT2D eigenvalue weighted by molar-refractivity contribution is 6.22. The molecule has 1 fully saturated rings. The predicted octanol–water partition coefficient (Wildman–Crippen LogP) is 5.04. The first-order chi connectivity index (χ1) is 17.4. The zero-order chi connectivity index (χ0) is 25.2. The summed E-state index contributed by atoms with van der Waals surface area (Å²) in [7, 11) is 0. The molecule has 0 unspecified atom stereocenters. The van der Waals surface area contributed by atoms with Crippen LogP contribution >= 0.6 is 0 Å². The minimum Gasteiger partial charge on any atom is -0.322 e. The summed E-state index contributed by atoms with van der Waals surface area (Å²) in [6, 6.07) is 22.2. The predicted molar refractivity (Wildman–Crippen MR) is 138 cm³/mol. The Hall–Kier alpha value is -4.52. The maximum Gasteiger partial charge on any atom is 0.255 e. The third-order valence-electron chi connectivity index (χ3n) is 6.62. The zero-order valence-corrected chi connectivity index (χ0v) is 19.7. The van der Waals surface area contributed by atoms with Crippen LogP contribution in [0.1, 0.15) is 40.5 Å². The number of imide groups is 1. The average molecular weight is 480 g/mol. The van der Waals surface area contributed by atoms with Crippen LogP contribution in [0.15, 0.2) is 90.5 Å². The summed E-state index contributed by atoms with van der Waals surface area (Å²) in [5.41, 5.74) is 3.59. The fourth-order valence-electron chi connectivity index (χ4n) is 4.72. The first-order valence-electron chi connectivity index (χ1n) is 11.8. The summed E-state index contributed by atoms with van der Waals surface area (Å²) in [6.07, 6.45) is 3.23. The molecule has 1 saturated heterocycles. The van der Waals surface area contributed by atoms with Crippen molar-refractivity contribution in [2.24, 2.45) is 11.8 Å². The number of hydrogen-bond acceptors (Lipinski definition) is 4. The molecule has 36 heavy (non-hydrogen) atoms. The lowest BCUT2D eigenvalue weighted by atomic mass is 9.82. The van der Waals surface area contributed by atoms with Crippen molar-refractivity contribution < 1.29 is 19.2 Å². The summed E-state index contributed by atoms with van der Waals surface area (Å²) in [5, 5.41) is 5.64. The van der Waals surface area contributed by atoms with Gasteiger partial charge in [0.05, 0.1) is 17.5 Å². The number of allylic oxidation sites excluding steroid dienone is 2. The lowest BCUT2D eigenvalue weighted by Gasteiger charge is -2.18. The van der Waals surface area contributed by atoms with Crippen molar-refractivity contribution in [1.82, 2.24) is 0 Å². The minimum absolute atomic E-state index is 0.177. The van der Waals surface area contributed by atoms with Crippen molar-refractivity contribution in [3.63, 3.8) is 0 Å². The number of fused-ring (bicyclic) bond motifs is 1. The number of benzene rings is 3. The molecule has 0 aromatic heterocycles. The largest absolute Gasteiger partial charge is 0.322 e. The SMILES string of the molecule is CC1=CC[C@H]2C(=O)N(c3ccc(C(=O)Nc4cccc(NC(=O)c5ccccc5)c4)cc3)C(=O)[C@@H]2C1. The summed E-state index contributed by atoms with van der Waals surface area (Å²) in [4.78, 5) is 52.3. The quantitative estimate of drug-likeness (QED) is 0.396. The van der Waals surface area contributed by atoms with E-state index in [-0.39, 0.29) is 35.5 Å². The van der Waals surface area contributed by atoms with E-state index in [1.807, 2.05) is 19.1 Å². The Morgan fingerprint density at radius 1 is 0.750 bits per heavy atom. The normalized spacial score (nSPS) is 18.9. The lowest BCUT2D eigenvalue weighted by Crippen LogP contribution is -2.30. The van der Waals surface area contributed by atoms with Gasteiger partial charge in [0.15, 0.2) is 0 Å². The van der Waals surface area contributed by atoms with Crippen LogP contribution in [0.2, 0.25) is 0 Å². The second-order valence-electron chi connectivity index (χ2n) is 9.12. The number of nitrogens with one attached hydrogen (secondary N) is 2. The molecule has 1 aliphatic carbocycles. The van der Waals surface area contributed by atoms with Crippen LogP contribution in [0.25, 0.3) is 0 Å². The summed E-state index contributed by atoms with van der Waals surface area (Å²) in [5.74, 6) is -1.56. The molecule has 1 heterocycles. The summed E-state index contributed by atoms with van der Waals surface area (Å²) < 4.78 is 0. The van der Waals surface area contributed by atoms with Gasteiger partial charge in [-0.15, -0.1) is 0 Å². The second-order valence-corrected chi connectivity index (χ2v) is 9.12. The first kappa shape index (κ1) is 23.2. The van der Waals surface area contributed by atoms with Crippen LogP contribution in [0, 0.1) is 11.8 Å². The number of carbonyl (C=O) groups is 4. The van der Waals surface area contributed by atoms with Crippen molar-refractivity contribution in [2.75, 3.05) is 15.5 Å². The van der Waals surface area contributed by atoms with Crippen molar-refractivity contribution in [2.45, 2.75) is 19.8 Å². The van der Waals surface area contributed by atoms with E-state index in [1.165, 1.54) is 4.90 Å². The third kappa shape index (κ3) is 4.55. The van der Waals surface area contributed by atoms with E-state index in [0.717, 1.165) is 5.57 Å². The molecule has 180 valence electrons. The van der Waals surface area contributed by atoms with E-state index in [1.54, 1.807) is 72.8 Å². The number of anilines is 3. The standard InChI is InChI=1S/C29H25N3O4/c1-18-10-15-24-25(16-18)29(36)32(28(24)35)23-13-11-20(12-14-23)27(34)31-22-9-5-8-21(17-22)30-26(33)19-6-3-2-4-7-19/h2-14,17,24-25H,15-16H2,1H3,(H,30,33)(H,31,34)/t24-,25-/m1/s1. The third-order valence-corrected chi connectivity index (χ3v) is 6.62. The number of carbonyl (C=O) groups excluding carboxylic acids is 4. The van der Waals surface area contributed by atoms with Gasteiger partial charge in [-0.1, -0.05) is 35.9 Å². The highest BCUT2D eigenvalue weighted by Crippen LogP contribution is 2.39. The Labute approximate surface area is 208 Å². The second kappa shape index (κ2) is 9.62. The molecular formula is C29H25N3O4. The molecule has 5 rings (SSSR count). The van der Waals surface area contributed by atoms with Gasteiger partial charge in [0, 0.05) is 22.5 Å². The summed E-state index contributed by atoms with van der Waals surface area (Å²) >= 11 is 0. The molecule has 0 saturated carbocycles. The molecule has 2 atom stereocenters. The van der Waals surface area contributed by atoms with Gasteiger partial charge >= 0.3 is 0 Å². The monoisotopic (exact) mass is 479 g/mol. The van der Waals surface area contributed by atoms with E-state index < -0.39 is 0 Å². The van der Waals surface area contributed by atoms with Gasteiger partial charge < -0.3 is 10.6 Å². The van der Waals surface area contributed by atoms with Gasteiger partial charge in [-0.3, -0.25) is 24.1 Å². The average Bonchev–Trinajstić information content (AvgIpc) is 3.13. The Morgan fingerprint density at radius 3 is 1.97 bits per heavy atom. The zero-order valence-electron chi connectivity index (χ0n) is 19.7. The fraction of sp³-hybridized carbons (Fsp3) is 0.172. The van der Waals surface area contributed by atoms with Crippen LogP contribution in [-0.2, 0) is 9.59 Å². The fourth-order valence-corrected chi connectivity index (χ4v) is 4.72. The molecular weight excluding hydrogens is 454 g/mol. The molecule has 1 aliphatic heterocycles. The molecule has 0 radical (unpaired) electrons. The minimum atomic E-state index is -0.347. The van der Waals surface area contributed by atoms with Gasteiger partial charge in [0.1, 0.15) is 0 Å². The van der Waals surface area contributed by atoms with Crippen LogP contribution in [0.5, 0.6) is 0 Å². The number of nitrogens with zero attached hydrogens (tertiary/aromatic N) is 1. The van der Waals surface area contributed by atoms with Crippen molar-refractivity contribution >= 4 is 40.7 Å². The Kier molecular flexibility index (Phi) is 6.21. The molecule has 3 aromatic carbocycles. The Bertz CT molecular complexity index is 1380. The van der Waals surface area contributed by atoms with Crippen LogP contribution in [-0.4, -0.2) is 23.6 Å². The highest BCUT2D eigenvalue weighted by atomic mass is 16.2. The Morgan fingerprint density at radius 2 is 1.33 bits per heavy atom.